The van der Waals surface area contributed by atoms with Gasteiger partial charge in [-0.05, 0) is 30.3 Å². The molecule has 0 unspecified atom stereocenters. The fourth-order valence-corrected chi connectivity index (χ4v) is 3.17. The number of halogens is 2. The first-order chi connectivity index (χ1) is 12.1. The number of hydrogen-bond donors (Lipinski definition) is 1. The Bertz CT molecular complexity index is 1290. The van der Waals surface area contributed by atoms with Gasteiger partial charge in [0.05, 0.1) is 10.9 Å². The summed E-state index contributed by atoms with van der Waals surface area (Å²) in [5.74, 6) is -1.20. The van der Waals surface area contributed by atoms with Gasteiger partial charge in [-0.2, -0.15) is 0 Å². The second-order valence-electron chi connectivity index (χ2n) is 5.69. The van der Waals surface area contributed by atoms with Gasteiger partial charge < -0.3 is 13.9 Å². The van der Waals surface area contributed by atoms with Gasteiger partial charge in [0, 0.05) is 10.4 Å². The monoisotopic (exact) mass is 353 g/mol. The van der Waals surface area contributed by atoms with Crippen molar-refractivity contribution in [2.75, 3.05) is 0 Å². The van der Waals surface area contributed by atoms with Gasteiger partial charge >= 0.3 is 0 Å². The number of rotatable bonds is 1. The van der Waals surface area contributed by atoms with Crippen molar-refractivity contribution in [1.82, 2.24) is 4.98 Å². The first-order valence-corrected chi connectivity index (χ1v) is 7.89. The van der Waals surface area contributed by atoms with Crippen LogP contribution in [0.2, 0.25) is 5.02 Å². The Morgan fingerprint density at radius 2 is 1.80 bits per heavy atom. The van der Waals surface area contributed by atoms with Crippen molar-refractivity contribution in [1.29, 1.82) is 0 Å². The summed E-state index contributed by atoms with van der Waals surface area (Å²) < 4.78 is 26.2. The van der Waals surface area contributed by atoms with Crippen LogP contribution in [-0.4, -0.2) is 10.1 Å². The molecule has 25 heavy (non-hydrogen) atoms. The van der Waals surface area contributed by atoms with E-state index >= 15 is 0 Å². The predicted molar refractivity (Wildman–Crippen MR) is 93.4 cm³/mol. The van der Waals surface area contributed by atoms with Gasteiger partial charge in [0.25, 0.3) is 0 Å². The van der Waals surface area contributed by atoms with Crippen molar-refractivity contribution in [2.24, 2.45) is 0 Å². The van der Waals surface area contributed by atoms with E-state index in [1.165, 1.54) is 6.07 Å². The molecule has 3 aromatic carbocycles. The molecular formula is C19H9ClFNO3. The van der Waals surface area contributed by atoms with E-state index in [1.54, 1.807) is 42.5 Å². The lowest BCUT2D eigenvalue weighted by Gasteiger charge is -2.02. The minimum atomic E-state index is -0.766. The maximum atomic E-state index is 14.8. The maximum absolute atomic E-state index is 14.8. The largest absolute Gasteiger partial charge is 0.504 e. The minimum Gasteiger partial charge on any atom is -0.504 e. The molecule has 0 aliphatic carbocycles. The third kappa shape index (κ3) is 2.03. The first-order valence-electron chi connectivity index (χ1n) is 7.51. The fourth-order valence-electron chi connectivity index (χ4n) is 3.01. The van der Waals surface area contributed by atoms with Crippen LogP contribution in [0.3, 0.4) is 0 Å². The molecule has 0 fully saturated rings. The summed E-state index contributed by atoms with van der Waals surface area (Å²) in [4.78, 5) is 4.29. The number of aromatic hydroxyl groups is 1. The molecule has 0 aliphatic rings. The molecule has 0 atom stereocenters. The summed E-state index contributed by atoms with van der Waals surface area (Å²) in [7, 11) is 0. The highest BCUT2D eigenvalue weighted by atomic mass is 35.5. The van der Waals surface area contributed by atoms with Gasteiger partial charge in [0.1, 0.15) is 16.7 Å². The summed E-state index contributed by atoms with van der Waals surface area (Å²) in [6.45, 7) is 0. The molecule has 6 heteroatoms. The third-order valence-corrected chi connectivity index (χ3v) is 4.40. The van der Waals surface area contributed by atoms with E-state index in [4.69, 9.17) is 20.4 Å². The fraction of sp³-hybridized carbons (Fsp3) is 0. The standard InChI is InChI=1S/C19H9ClFNO3/c20-9-5-6-14-12(7-9)22-19(25-14)11-8-15-16(17(21)18(11)23)10-3-1-2-4-13(10)24-15/h1-8,23H. The van der Waals surface area contributed by atoms with E-state index < -0.39 is 11.6 Å². The normalized spacial score (nSPS) is 11.8. The van der Waals surface area contributed by atoms with Crippen LogP contribution in [0, 0.1) is 5.82 Å². The van der Waals surface area contributed by atoms with Gasteiger partial charge in [-0.1, -0.05) is 29.8 Å². The zero-order chi connectivity index (χ0) is 17.1. The van der Waals surface area contributed by atoms with E-state index in [2.05, 4.69) is 4.98 Å². The SMILES string of the molecule is Oc1c(-c2nc3cc(Cl)ccc3o2)cc2oc3ccccc3c2c1F. The Balaban J connectivity index is 1.83. The number of phenols is 1. The van der Waals surface area contributed by atoms with E-state index in [0.29, 0.717) is 32.7 Å². The third-order valence-electron chi connectivity index (χ3n) is 4.16. The quantitative estimate of drug-likeness (QED) is 0.408. The van der Waals surface area contributed by atoms with Gasteiger partial charge in [0.15, 0.2) is 17.1 Å². The van der Waals surface area contributed by atoms with Gasteiger partial charge in [0.2, 0.25) is 5.89 Å². The number of furan rings is 1. The molecule has 0 bridgehead atoms. The number of hydrogen-bond acceptors (Lipinski definition) is 4. The van der Waals surface area contributed by atoms with Crippen LogP contribution in [0.15, 0.2) is 57.4 Å². The highest BCUT2D eigenvalue weighted by Crippen LogP contribution is 2.41. The first kappa shape index (κ1) is 14.3. The van der Waals surface area contributed by atoms with Crippen LogP contribution in [0.5, 0.6) is 5.75 Å². The lowest BCUT2D eigenvalue weighted by Crippen LogP contribution is -1.85. The summed E-state index contributed by atoms with van der Waals surface area (Å²) in [6.07, 6.45) is 0. The average Bonchev–Trinajstić information content (AvgIpc) is 3.18. The maximum Gasteiger partial charge on any atom is 0.231 e. The summed E-state index contributed by atoms with van der Waals surface area (Å²) in [5.41, 5.74) is 1.98. The van der Waals surface area contributed by atoms with E-state index in [9.17, 15) is 9.50 Å². The van der Waals surface area contributed by atoms with Gasteiger partial charge in [-0.15, -0.1) is 0 Å². The Labute approximate surface area is 145 Å². The van der Waals surface area contributed by atoms with Crippen molar-refractivity contribution >= 4 is 44.6 Å². The van der Waals surface area contributed by atoms with Crippen LogP contribution in [0.1, 0.15) is 0 Å². The molecular weight excluding hydrogens is 345 g/mol. The molecule has 2 aromatic heterocycles. The molecule has 0 saturated heterocycles. The van der Waals surface area contributed by atoms with Crippen molar-refractivity contribution in [3.63, 3.8) is 0 Å². The van der Waals surface area contributed by atoms with Crippen LogP contribution in [0.25, 0.3) is 44.5 Å². The number of benzene rings is 3. The molecule has 2 heterocycles. The molecule has 122 valence electrons. The van der Waals surface area contributed by atoms with E-state index in [0.717, 1.165) is 0 Å². The summed E-state index contributed by atoms with van der Waals surface area (Å²) in [5, 5.41) is 11.7. The van der Waals surface area contributed by atoms with Crippen molar-refractivity contribution in [3.05, 3.63) is 59.4 Å². The molecule has 5 aromatic rings. The number of fused-ring (bicyclic) bond motifs is 4. The lowest BCUT2D eigenvalue weighted by atomic mass is 10.1. The van der Waals surface area contributed by atoms with Crippen LogP contribution < -0.4 is 0 Å². The molecule has 0 radical (unpaired) electrons. The van der Waals surface area contributed by atoms with Gasteiger partial charge in [-0.25, -0.2) is 9.37 Å². The van der Waals surface area contributed by atoms with Crippen LogP contribution in [0.4, 0.5) is 4.39 Å². The van der Waals surface area contributed by atoms with Crippen LogP contribution >= 0.6 is 11.6 Å². The molecule has 0 aliphatic heterocycles. The van der Waals surface area contributed by atoms with Crippen molar-refractivity contribution < 1.29 is 18.3 Å². The van der Waals surface area contributed by atoms with Crippen molar-refractivity contribution in [3.8, 4) is 17.2 Å². The zero-order valence-electron chi connectivity index (χ0n) is 12.6. The average molecular weight is 354 g/mol. The number of para-hydroxylation sites is 1. The summed E-state index contributed by atoms with van der Waals surface area (Å²) >= 11 is 5.95. The second kappa shape index (κ2) is 4.97. The molecule has 0 saturated carbocycles. The number of nitrogens with zero attached hydrogens (tertiary/aromatic N) is 1. The predicted octanol–water partition coefficient (Wildman–Crippen LogP) is 5.89. The Morgan fingerprint density at radius 1 is 0.960 bits per heavy atom. The molecule has 4 nitrogen and oxygen atoms in total. The van der Waals surface area contributed by atoms with E-state index in [-0.39, 0.29) is 16.8 Å². The Morgan fingerprint density at radius 3 is 2.68 bits per heavy atom. The summed E-state index contributed by atoms with van der Waals surface area (Å²) in [6, 6.07) is 13.6. The number of phenolic OH excluding ortho intramolecular Hbond substituents is 1. The molecule has 1 N–H and O–H groups in total. The topological polar surface area (TPSA) is 59.4 Å². The Hall–Kier alpha value is -3.05. The number of oxazole rings is 1. The molecule has 0 amide bonds. The molecule has 0 spiro atoms. The Kier molecular flexibility index (Phi) is 2.85. The highest BCUT2D eigenvalue weighted by Gasteiger charge is 2.22. The highest BCUT2D eigenvalue weighted by molar-refractivity contribution is 6.31. The van der Waals surface area contributed by atoms with Crippen molar-refractivity contribution in [2.45, 2.75) is 0 Å². The zero-order valence-corrected chi connectivity index (χ0v) is 13.3. The minimum absolute atomic E-state index is 0.0935. The van der Waals surface area contributed by atoms with Gasteiger partial charge in [-0.3, -0.25) is 0 Å². The molecule has 5 rings (SSSR count). The smallest absolute Gasteiger partial charge is 0.231 e. The van der Waals surface area contributed by atoms with E-state index in [1.807, 2.05) is 0 Å². The second-order valence-corrected chi connectivity index (χ2v) is 6.13. The lowest BCUT2D eigenvalue weighted by molar-refractivity contribution is 0.435. The number of aromatic nitrogens is 1. The van der Waals surface area contributed by atoms with Crippen LogP contribution in [-0.2, 0) is 0 Å².